The van der Waals surface area contributed by atoms with E-state index in [2.05, 4.69) is 11.9 Å². The van der Waals surface area contributed by atoms with Crippen LogP contribution in [0.25, 0.3) is 0 Å². The van der Waals surface area contributed by atoms with Crippen LogP contribution in [0, 0.1) is 10.8 Å². The Morgan fingerprint density at radius 2 is 1.89 bits per heavy atom. The fourth-order valence-corrected chi connectivity index (χ4v) is 1.33. The van der Waals surface area contributed by atoms with E-state index < -0.39 is 12.1 Å². The lowest BCUT2D eigenvalue weighted by Crippen LogP contribution is -2.45. The van der Waals surface area contributed by atoms with Gasteiger partial charge in [-0.3, -0.25) is 0 Å². The number of allylic oxidation sites excluding steroid dienone is 1. The Morgan fingerprint density at radius 1 is 1.33 bits per heavy atom. The number of hydrogen-bond donors (Lipinski definition) is 1. The topological polar surface area (TPSA) is 55.4 Å². The van der Waals surface area contributed by atoms with Crippen LogP contribution in [0.4, 0.5) is 4.79 Å². The van der Waals surface area contributed by atoms with Crippen molar-refractivity contribution >= 4 is 12.4 Å². The molecule has 0 aromatic heterocycles. The molecule has 0 aliphatic rings. The van der Waals surface area contributed by atoms with E-state index in [4.69, 9.17) is 4.74 Å². The van der Waals surface area contributed by atoms with Crippen molar-refractivity contribution in [3.05, 3.63) is 12.7 Å². The van der Waals surface area contributed by atoms with Crippen LogP contribution < -0.4 is 5.32 Å². The first kappa shape index (κ1) is 16.7. The van der Waals surface area contributed by atoms with Crippen LogP contribution in [0.3, 0.4) is 0 Å². The van der Waals surface area contributed by atoms with Gasteiger partial charge in [0.1, 0.15) is 6.29 Å². The zero-order valence-corrected chi connectivity index (χ0v) is 12.1. The molecule has 0 radical (unpaired) electrons. The second-order valence-electron chi connectivity index (χ2n) is 6.36. The molecule has 0 aromatic rings. The molecule has 18 heavy (non-hydrogen) atoms. The maximum Gasteiger partial charge on any atom is 0.407 e. The molecule has 1 atom stereocenters. The van der Waals surface area contributed by atoms with Gasteiger partial charge in [0, 0.05) is 5.41 Å². The summed E-state index contributed by atoms with van der Waals surface area (Å²) in [6.45, 7) is 13.6. The number of nitrogens with one attached hydrogen (secondary N) is 1. The van der Waals surface area contributed by atoms with Gasteiger partial charge in [-0.15, -0.1) is 6.58 Å². The summed E-state index contributed by atoms with van der Waals surface area (Å²) < 4.78 is 5.13. The maximum atomic E-state index is 11.6. The number of aldehydes is 1. The van der Waals surface area contributed by atoms with Gasteiger partial charge in [-0.05, 0) is 11.8 Å². The highest BCUT2D eigenvalue weighted by Crippen LogP contribution is 2.21. The quantitative estimate of drug-likeness (QED) is 0.586. The number of alkyl carbamates (subject to hydrolysis) is 1. The minimum absolute atomic E-state index is 0.141. The predicted molar refractivity (Wildman–Crippen MR) is 72.4 cm³/mol. The summed E-state index contributed by atoms with van der Waals surface area (Å²) in [5.74, 6) is 0. The highest BCUT2D eigenvalue weighted by atomic mass is 16.5. The van der Waals surface area contributed by atoms with Gasteiger partial charge in [0.2, 0.25) is 0 Å². The maximum absolute atomic E-state index is 11.6. The summed E-state index contributed by atoms with van der Waals surface area (Å²) in [6, 6.07) is -0.549. The summed E-state index contributed by atoms with van der Waals surface area (Å²) in [4.78, 5) is 22.5. The third-order valence-electron chi connectivity index (χ3n) is 2.63. The fraction of sp³-hybridized carbons (Fsp3) is 0.714. The van der Waals surface area contributed by atoms with Gasteiger partial charge < -0.3 is 14.8 Å². The largest absolute Gasteiger partial charge is 0.449 e. The molecule has 4 heteroatoms. The number of rotatable bonds is 6. The smallest absolute Gasteiger partial charge is 0.407 e. The number of hydrogen-bond acceptors (Lipinski definition) is 3. The van der Waals surface area contributed by atoms with Gasteiger partial charge in [-0.25, -0.2) is 4.79 Å². The van der Waals surface area contributed by atoms with Crippen LogP contribution in [0.15, 0.2) is 12.7 Å². The molecular formula is C14H25NO3. The van der Waals surface area contributed by atoms with Crippen LogP contribution in [-0.4, -0.2) is 25.0 Å². The molecule has 0 aliphatic heterocycles. The lowest BCUT2D eigenvalue weighted by atomic mass is 9.88. The molecule has 1 N–H and O–H groups in total. The van der Waals surface area contributed by atoms with Crippen LogP contribution in [0.2, 0.25) is 0 Å². The SMILES string of the molecule is C=CCC(C)(C)COC(=O)NC(C=O)C(C)(C)C. The van der Waals surface area contributed by atoms with Gasteiger partial charge in [-0.2, -0.15) is 0 Å². The third kappa shape index (κ3) is 6.42. The van der Waals surface area contributed by atoms with E-state index in [1.165, 1.54) is 0 Å². The summed E-state index contributed by atoms with van der Waals surface area (Å²) in [6.07, 6.45) is 2.73. The van der Waals surface area contributed by atoms with Crippen molar-refractivity contribution in [2.24, 2.45) is 10.8 Å². The summed E-state index contributed by atoms with van der Waals surface area (Å²) in [5.41, 5.74) is -0.463. The predicted octanol–water partition coefficient (Wildman–Crippen LogP) is 2.93. The Bertz CT molecular complexity index is 303. The third-order valence-corrected chi connectivity index (χ3v) is 2.63. The van der Waals surface area contributed by atoms with Crippen molar-refractivity contribution < 1.29 is 14.3 Å². The number of ether oxygens (including phenoxy) is 1. The first-order valence-electron chi connectivity index (χ1n) is 6.12. The second-order valence-corrected chi connectivity index (χ2v) is 6.36. The lowest BCUT2D eigenvalue weighted by molar-refractivity contribution is -0.111. The molecule has 1 amide bonds. The molecule has 0 saturated heterocycles. The Hall–Kier alpha value is -1.32. The van der Waals surface area contributed by atoms with Crippen molar-refractivity contribution in [2.75, 3.05) is 6.61 Å². The van der Waals surface area contributed by atoms with Crippen molar-refractivity contribution in [2.45, 2.75) is 47.1 Å². The molecule has 0 heterocycles. The molecule has 4 nitrogen and oxygen atoms in total. The van der Waals surface area contributed by atoms with E-state index in [0.29, 0.717) is 6.61 Å². The molecule has 0 saturated carbocycles. The van der Waals surface area contributed by atoms with Crippen LogP contribution in [0.1, 0.15) is 41.0 Å². The van der Waals surface area contributed by atoms with E-state index >= 15 is 0 Å². The Balaban J connectivity index is 4.27. The van der Waals surface area contributed by atoms with Crippen LogP contribution >= 0.6 is 0 Å². The average Bonchev–Trinajstić information content (AvgIpc) is 2.21. The highest BCUT2D eigenvalue weighted by molar-refractivity contribution is 5.73. The minimum Gasteiger partial charge on any atom is -0.449 e. The molecular weight excluding hydrogens is 230 g/mol. The van der Waals surface area contributed by atoms with Crippen LogP contribution in [-0.2, 0) is 9.53 Å². The van der Waals surface area contributed by atoms with E-state index in [1.807, 2.05) is 34.6 Å². The lowest BCUT2D eigenvalue weighted by Gasteiger charge is -2.27. The molecule has 0 spiro atoms. The molecule has 0 aromatic carbocycles. The molecule has 104 valence electrons. The highest BCUT2D eigenvalue weighted by Gasteiger charge is 2.27. The summed E-state index contributed by atoms with van der Waals surface area (Å²) >= 11 is 0. The average molecular weight is 255 g/mol. The van der Waals surface area contributed by atoms with Crippen molar-refractivity contribution in [1.29, 1.82) is 0 Å². The number of carbonyl (C=O) groups is 2. The van der Waals surface area contributed by atoms with Crippen molar-refractivity contribution in [3.63, 3.8) is 0 Å². The number of amides is 1. The molecule has 0 rings (SSSR count). The van der Waals surface area contributed by atoms with E-state index in [0.717, 1.165) is 12.7 Å². The minimum atomic E-state index is -0.556. The van der Waals surface area contributed by atoms with Gasteiger partial charge in [-0.1, -0.05) is 40.7 Å². The summed E-state index contributed by atoms with van der Waals surface area (Å²) in [7, 11) is 0. The molecule has 0 bridgehead atoms. The standard InChI is InChI=1S/C14H25NO3/c1-7-8-14(5,6)10-18-12(17)15-11(9-16)13(2,3)4/h7,9,11H,1,8,10H2,2-6H3,(H,15,17). The molecule has 1 unspecified atom stereocenters. The van der Waals surface area contributed by atoms with E-state index in [1.54, 1.807) is 6.08 Å². The molecule has 0 fully saturated rings. The first-order chi connectivity index (χ1) is 8.12. The Kier molecular flexibility index (Phi) is 6.09. The van der Waals surface area contributed by atoms with Gasteiger partial charge in [0.15, 0.2) is 0 Å². The zero-order chi connectivity index (χ0) is 14.4. The van der Waals surface area contributed by atoms with E-state index in [-0.39, 0.29) is 10.8 Å². The number of carbonyl (C=O) groups excluding carboxylic acids is 2. The normalized spacial score (nSPS) is 13.6. The first-order valence-corrected chi connectivity index (χ1v) is 6.12. The summed E-state index contributed by atoms with van der Waals surface area (Å²) in [5, 5.41) is 2.57. The van der Waals surface area contributed by atoms with Gasteiger partial charge in [0.25, 0.3) is 0 Å². The van der Waals surface area contributed by atoms with Crippen molar-refractivity contribution in [3.8, 4) is 0 Å². The Morgan fingerprint density at radius 3 is 2.28 bits per heavy atom. The van der Waals surface area contributed by atoms with Crippen molar-refractivity contribution in [1.82, 2.24) is 5.32 Å². The second kappa shape index (κ2) is 6.57. The van der Waals surface area contributed by atoms with Crippen LogP contribution in [0.5, 0.6) is 0 Å². The Labute approximate surface area is 110 Å². The van der Waals surface area contributed by atoms with Gasteiger partial charge >= 0.3 is 6.09 Å². The fourth-order valence-electron chi connectivity index (χ4n) is 1.33. The monoisotopic (exact) mass is 255 g/mol. The van der Waals surface area contributed by atoms with E-state index in [9.17, 15) is 9.59 Å². The van der Waals surface area contributed by atoms with Gasteiger partial charge in [0.05, 0.1) is 12.6 Å². The molecule has 0 aliphatic carbocycles. The zero-order valence-electron chi connectivity index (χ0n) is 12.1.